The molecular weight excluding hydrogens is 567 g/mol. The van der Waals surface area contributed by atoms with Gasteiger partial charge in [-0.1, -0.05) is 119 Å². The monoisotopic (exact) mass is 622 g/mol. The number of carbonyl (C=O) groups is 2. The molecule has 1 unspecified atom stereocenters. The molecule has 0 aliphatic rings. The van der Waals surface area contributed by atoms with Crippen LogP contribution in [0.5, 0.6) is 0 Å². The molecule has 0 aromatic carbocycles. The van der Waals surface area contributed by atoms with Crippen molar-refractivity contribution in [1.82, 2.24) is 0 Å². The Labute approximate surface area is 259 Å². The van der Waals surface area contributed by atoms with Crippen LogP contribution in [0, 0.1) is 0 Å². The largest absolute Gasteiger partial charge is 0.469 e. The number of allylic oxidation sites excluding steroid dienone is 12. The maximum Gasteiger partial charge on any atom is 0.469 e. The number of phosphoric acid groups is 1. The van der Waals surface area contributed by atoms with Gasteiger partial charge in [-0.15, -0.1) is 0 Å². The first kappa shape index (κ1) is 40.5. The number of hydrogen-bond donors (Lipinski definition) is 2. The molecule has 0 saturated heterocycles. The fourth-order valence-electron chi connectivity index (χ4n) is 3.75. The minimum Gasteiger partial charge on any atom is -0.462 e. The van der Waals surface area contributed by atoms with E-state index in [2.05, 4.69) is 36.6 Å². The van der Waals surface area contributed by atoms with Crippen molar-refractivity contribution < 1.29 is 37.9 Å². The Kier molecular flexibility index (Phi) is 27.8. The number of ether oxygens (including phenoxy) is 2. The summed E-state index contributed by atoms with van der Waals surface area (Å²) in [4.78, 5) is 42.4. The van der Waals surface area contributed by atoms with Crippen molar-refractivity contribution in [3.05, 3.63) is 72.9 Å². The van der Waals surface area contributed by atoms with E-state index in [4.69, 9.17) is 19.3 Å². The molecule has 1 atom stereocenters. The molecule has 9 heteroatoms. The van der Waals surface area contributed by atoms with E-state index < -0.39 is 32.5 Å². The molecule has 0 bridgehead atoms. The van der Waals surface area contributed by atoms with E-state index in [-0.39, 0.29) is 19.4 Å². The molecule has 0 fully saturated rings. The molecule has 8 nitrogen and oxygen atoms in total. The Bertz CT molecular complexity index is 927. The van der Waals surface area contributed by atoms with Crippen LogP contribution in [0.15, 0.2) is 72.9 Å². The lowest BCUT2D eigenvalue weighted by Gasteiger charge is -2.18. The van der Waals surface area contributed by atoms with E-state index in [9.17, 15) is 14.2 Å². The minimum absolute atomic E-state index is 0.110. The molecule has 0 aromatic rings. The van der Waals surface area contributed by atoms with Crippen LogP contribution >= 0.6 is 7.82 Å². The van der Waals surface area contributed by atoms with Crippen LogP contribution in [0.25, 0.3) is 0 Å². The van der Waals surface area contributed by atoms with Crippen LogP contribution in [0.1, 0.15) is 110 Å². The zero-order chi connectivity index (χ0) is 31.9. The van der Waals surface area contributed by atoms with Gasteiger partial charge in [0.05, 0.1) is 6.61 Å². The van der Waals surface area contributed by atoms with Gasteiger partial charge in [-0.05, 0) is 51.4 Å². The highest BCUT2D eigenvalue weighted by atomic mass is 31.2. The minimum atomic E-state index is -4.77. The van der Waals surface area contributed by atoms with Gasteiger partial charge < -0.3 is 19.3 Å². The molecule has 0 spiro atoms. The smallest absolute Gasteiger partial charge is 0.462 e. The van der Waals surface area contributed by atoms with Gasteiger partial charge in [-0.3, -0.25) is 14.1 Å². The normalized spacial score (nSPS) is 13.5. The number of phosphoric ester groups is 1. The first-order chi connectivity index (χ1) is 20.8. The van der Waals surface area contributed by atoms with E-state index in [1.165, 1.54) is 19.3 Å². The highest BCUT2D eigenvalue weighted by Crippen LogP contribution is 2.35. The van der Waals surface area contributed by atoms with Crippen molar-refractivity contribution in [2.45, 2.75) is 116 Å². The number of carbonyl (C=O) groups excluding carboxylic acids is 2. The highest BCUT2D eigenvalue weighted by Gasteiger charge is 2.22. The van der Waals surface area contributed by atoms with Gasteiger partial charge >= 0.3 is 19.8 Å². The van der Waals surface area contributed by atoms with Crippen molar-refractivity contribution in [2.24, 2.45) is 0 Å². The second kappa shape index (κ2) is 29.6. The summed E-state index contributed by atoms with van der Waals surface area (Å²) in [6, 6.07) is 0. The van der Waals surface area contributed by atoms with Crippen molar-refractivity contribution >= 4 is 19.8 Å². The van der Waals surface area contributed by atoms with Crippen molar-refractivity contribution in [2.75, 3.05) is 13.2 Å². The summed E-state index contributed by atoms with van der Waals surface area (Å²) in [7, 11) is -4.77. The van der Waals surface area contributed by atoms with Gasteiger partial charge in [0.2, 0.25) is 0 Å². The van der Waals surface area contributed by atoms with Gasteiger partial charge in [0.15, 0.2) is 6.10 Å². The molecule has 0 aliphatic heterocycles. The van der Waals surface area contributed by atoms with E-state index in [1.807, 2.05) is 54.7 Å². The summed E-state index contributed by atoms with van der Waals surface area (Å²) in [5.41, 5.74) is 0. The number of hydrogen-bond acceptors (Lipinski definition) is 6. The molecule has 0 radical (unpaired) electrons. The molecule has 0 heterocycles. The first-order valence-corrected chi connectivity index (χ1v) is 17.3. The number of unbranched alkanes of at least 4 members (excludes halogenated alkanes) is 9. The van der Waals surface area contributed by atoms with Crippen molar-refractivity contribution in [1.29, 1.82) is 0 Å². The Morgan fingerprint density at radius 2 is 1.16 bits per heavy atom. The Morgan fingerprint density at radius 3 is 1.79 bits per heavy atom. The maximum absolute atomic E-state index is 12.2. The Balaban J connectivity index is 4.23. The first-order valence-electron chi connectivity index (χ1n) is 15.8. The molecule has 244 valence electrons. The van der Waals surface area contributed by atoms with Crippen LogP contribution in [0.2, 0.25) is 0 Å². The summed E-state index contributed by atoms with van der Waals surface area (Å²) in [5.74, 6) is -0.994. The predicted octanol–water partition coefficient (Wildman–Crippen LogP) is 8.78. The molecule has 43 heavy (non-hydrogen) atoms. The van der Waals surface area contributed by atoms with E-state index in [0.29, 0.717) is 19.3 Å². The van der Waals surface area contributed by atoms with Gasteiger partial charge in [0.25, 0.3) is 0 Å². The second-order valence-corrected chi connectivity index (χ2v) is 11.4. The average Bonchev–Trinajstić information content (AvgIpc) is 2.97. The Morgan fingerprint density at radius 1 is 0.628 bits per heavy atom. The molecule has 0 aromatic heterocycles. The lowest BCUT2D eigenvalue weighted by molar-refractivity contribution is -0.161. The van der Waals surface area contributed by atoms with Crippen molar-refractivity contribution in [3.8, 4) is 0 Å². The van der Waals surface area contributed by atoms with Gasteiger partial charge in [0.1, 0.15) is 6.61 Å². The standard InChI is InChI=1S/C34H55O8P/c1-3-5-7-9-11-13-15-17-19-21-23-25-27-29-34(36)42-32(31-41-43(37,38)39)30-40-33(35)28-26-24-22-20-18-16-14-12-10-8-6-4-2/h5,7,9,11-15,17,19,21,23,32H,3-4,6,8,10,16,18,20,22,24-31H2,1-2H3,(H2,37,38,39)/b7-5+,11-9+,14-12+,15-13+,19-17+,23-21+. The summed E-state index contributed by atoms with van der Waals surface area (Å²) < 4.78 is 26.1. The van der Waals surface area contributed by atoms with E-state index in [0.717, 1.165) is 44.9 Å². The van der Waals surface area contributed by atoms with Crippen LogP contribution in [0.3, 0.4) is 0 Å². The molecular formula is C34H55O8P. The Hall–Kier alpha value is -2.51. The van der Waals surface area contributed by atoms with Gasteiger partial charge in [-0.25, -0.2) is 4.57 Å². The third kappa shape index (κ3) is 32.2. The quantitative estimate of drug-likeness (QED) is 0.0307. The highest BCUT2D eigenvalue weighted by molar-refractivity contribution is 7.46. The predicted molar refractivity (Wildman–Crippen MR) is 174 cm³/mol. The summed E-state index contributed by atoms with van der Waals surface area (Å²) in [5, 5.41) is 0. The summed E-state index contributed by atoms with van der Waals surface area (Å²) >= 11 is 0. The zero-order valence-electron chi connectivity index (χ0n) is 26.3. The van der Waals surface area contributed by atoms with Crippen LogP contribution in [-0.4, -0.2) is 41.0 Å². The summed E-state index contributed by atoms with van der Waals surface area (Å²) in [6.07, 6.45) is 36.4. The van der Waals surface area contributed by atoms with Gasteiger partial charge in [0, 0.05) is 12.8 Å². The lowest BCUT2D eigenvalue weighted by atomic mass is 10.1. The van der Waals surface area contributed by atoms with E-state index in [1.54, 1.807) is 0 Å². The zero-order valence-corrected chi connectivity index (χ0v) is 27.2. The fraction of sp³-hybridized carbons (Fsp3) is 0.588. The third-order valence-corrected chi connectivity index (χ3v) is 6.57. The number of rotatable bonds is 27. The number of esters is 2. The second-order valence-electron chi connectivity index (χ2n) is 10.2. The van der Waals surface area contributed by atoms with Gasteiger partial charge in [-0.2, -0.15) is 0 Å². The molecule has 2 N–H and O–H groups in total. The van der Waals surface area contributed by atoms with Crippen LogP contribution in [0.4, 0.5) is 0 Å². The average molecular weight is 623 g/mol. The molecule has 0 rings (SSSR count). The molecule has 0 saturated carbocycles. The third-order valence-electron chi connectivity index (χ3n) is 6.09. The van der Waals surface area contributed by atoms with Crippen LogP contribution < -0.4 is 0 Å². The van der Waals surface area contributed by atoms with Crippen LogP contribution in [-0.2, 0) is 28.2 Å². The topological polar surface area (TPSA) is 119 Å². The molecule has 0 amide bonds. The maximum atomic E-state index is 12.2. The summed E-state index contributed by atoms with van der Waals surface area (Å²) in [6.45, 7) is 3.40. The fourth-order valence-corrected chi connectivity index (χ4v) is 4.11. The lowest BCUT2D eigenvalue weighted by Crippen LogP contribution is -2.29. The molecule has 0 aliphatic carbocycles. The van der Waals surface area contributed by atoms with Crippen molar-refractivity contribution in [3.63, 3.8) is 0 Å². The SMILES string of the molecule is CC/C=C/C=C/C=C/C=C/C=C/CCCC(=O)OC(COC(=O)CCCCCCC/C=C/CCCCC)COP(=O)(O)O. The van der Waals surface area contributed by atoms with E-state index >= 15 is 0 Å².